The lowest BCUT2D eigenvalue weighted by Gasteiger charge is -2.32. The van der Waals surface area contributed by atoms with Crippen LogP contribution in [-0.2, 0) is 16.1 Å². The minimum Gasteiger partial charge on any atom is -0.378 e. The average molecular weight is 539 g/mol. The number of imidazole rings is 1. The molecule has 2 aliphatic heterocycles. The second kappa shape index (κ2) is 11.7. The first-order chi connectivity index (χ1) is 19.7. The summed E-state index contributed by atoms with van der Waals surface area (Å²) in [5, 5.41) is 6.91. The standard InChI is InChI=1S/C30H34N8O2/c1-2-26(39)37-13-7-12-25(20-37)38-21-32-27-28(31-19-22-8-4-3-5-9-22)34-30(35-29(27)38)33-23-10-6-11-24(18-23)36-14-16-40-17-15-36/h2-6,8-11,18,21,25H,1,7,12-17,19-20H2,(H2,31,33,34,35). The molecule has 2 N–H and O–H groups in total. The molecule has 0 radical (unpaired) electrons. The van der Waals surface area contributed by atoms with E-state index in [1.54, 1.807) is 0 Å². The van der Waals surface area contributed by atoms with Crippen LogP contribution in [0.1, 0.15) is 24.4 Å². The summed E-state index contributed by atoms with van der Waals surface area (Å²) in [5.74, 6) is 1.10. The number of rotatable bonds is 8. The van der Waals surface area contributed by atoms with Gasteiger partial charge in [-0.25, -0.2) is 4.98 Å². The van der Waals surface area contributed by atoms with Gasteiger partial charge in [-0.2, -0.15) is 9.97 Å². The summed E-state index contributed by atoms with van der Waals surface area (Å²) >= 11 is 0. The van der Waals surface area contributed by atoms with Crippen molar-refractivity contribution >= 4 is 40.2 Å². The molecule has 1 atom stereocenters. The largest absolute Gasteiger partial charge is 0.378 e. The Balaban J connectivity index is 1.33. The molecular weight excluding hydrogens is 504 g/mol. The van der Waals surface area contributed by atoms with E-state index >= 15 is 0 Å². The van der Waals surface area contributed by atoms with Gasteiger partial charge in [0.05, 0.1) is 25.6 Å². The third-order valence-electron chi connectivity index (χ3n) is 7.48. The Hall–Kier alpha value is -4.44. The predicted octanol–water partition coefficient (Wildman–Crippen LogP) is 4.37. The van der Waals surface area contributed by atoms with Crippen LogP contribution in [0, 0.1) is 0 Å². The molecule has 2 aromatic heterocycles. The Kier molecular flexibility index (Phi) is 7.58. The highest BCUT2D eigenvalue weighted by molar-refractivity contribution is 5.87. The van der Waals surface area contributed by atoms with Crippen LogP contribution in [0.3, 0.4) is 0 Å². The molecule has 2 fully saturated rings. The molecule has 10 nitrogen and oxygen atoms in total. The zero-order chi connectivity index (χ0) is 27.3. The van der Waals surface area contributed by atoms with E-state index in [-0.39, 0.29) is 11.9 Å². The number of carbonyl (C=O) groups is 1. The van der Waals surface area contributed by atoms with Crippen LogP contribution < -0.4 is 15.5 Å². The van der Waals surface area contributed by atoms with Gasteiger partial charge in [-0.1, -0.05) is 43.0 Å². The normalized spacial score (nSPS) is 17.6. The van der Waals surface area contributed by atoms with E-state index in [2.05, 4.69) is 50.9 Å². The number of aromatic nitrogens is 4. The topological polar surface area (TPSA) is 100 Å². The quantitative estimate of drug-likeness (QED) is 0.319. The highest BCUT2D eigenvalue weighted by atomic mass is 16.5. The van der Waals surface area contributed by atoms with Gasteiger partial charge >= 0.3 is 0 Å². The minimum absolute atomic E-state index is 0.0449. The summed E-state index contributed by atoms with van der Waals surface area (Å²) in [4.78, 5) is 31.0. The van der Waals surface area contributed by atoms with Crippen molar-refractivity contribution in [1.29, 1.82) is 0 Å². The number of carbonyl (C=O) groups excluding carboxylic acids is 1. The Morgan fingerprint density at radius 3 is 2.75 bits per heavy atom. The molecule has 0 spiro atoms. The molecule has 4 aromatic rings. The fourth-order valence-corrected chi connectivity index (χ4v) is 5.39. The van der Waals surface area contributed by atoms with Crippen LogP contribution in [0.2, 0.25) is 0 Å². The second-order valence-corrected chi connectivity index (χ2v) is 10.1. The van der Waals surface area contributed by atoms with Crippen molar-refractivity contribution in [2.24, 2.45) is 0 Å². The number of fused-ring (bicyclic) bond motifs is 1. The van der Waals surface area contributed by atoms with Gasteiger partial charge in [0.1, 0.15) is 0 Å². The zero-order valence-corrected chi connectivity index (χ0v) is 22.5. The van der Waals surface area contributed by atoms with Crippen LogP contribution in [-0.4, -0.2) is 69.7 Å². The predicted molar refractivity (Wildman–Crippen MR) is 157 cm³/mol. The van der Waals surface area contributed by atoms with Gasteiger partial charge < -0.3 is 29.7 Å². The monoisotopic (exact) mass is 538 g/mol. The van der Waals surface area contributed by atoms with Crippen LogP contribution in [0.25, 0.3) is 11.2 Å². The molecule has 2 aliphatic rings. The van der Waals surface area contributed by atoms with E-state index in [1.807, 2.05) is 41.6 Å². The molecule has 0 saturated carbocycles. The molecule has 0 aliphatic carbocycles. The first-order valence-electron chi connectivity index (χ1n) is 13.8. The van der Waals surface area contributed by atoms with E-state index < -0.39 is 0 Å². The van der Waals surface area contributed by atoms with E-state index in [4.69, 9.17) is 19.7 Å². The summed E-state index contributed by atoms with van der Waals surface area (Å²) in [6, 6.07) is 18.6. The van der Waals surface area contributed by atoms with Crippen molar-refractivity contribution in [2.45, 2.75) is 25.4 Å². The number of likely N-dealkylation sites (tertiary alicyclic amines) is 1. The Labute approximate surface area is 233 Å². The summed E-state index contributed by atoms with van der Waals surface area (Å²) < 4.78 is 7.60. The number of anilines is 4. The first kappa shape index (κ1) is 25.8. The molecule has 206 valence electrons. The fourth-order valence-electron chi connectivity index (χ4n) is 5.39. The third kappa shape index (κ3) is 5.62. The van der Waals surface area contributed by atoms with Crippen molar-refractivity contribution in [1.82, 2.24) is 24.4 Å². The highest BCUT2D eigenvalue weighted by Crippen LogP contribution is 2.30. The lowest BCUT2D eigenvalue weighted by atomic mass is 10.1. The lowest BCUT2D eigenvalue weighted by Crippen LogP contribution is -2.39. The van der Waals surface area contributed by atoms with E-state index in [0.29, 0.717) is 30.4 Å². The van der Waals surface area contributed by atoms with Crippen LogP contribution in [0.4, 0.5) is 23.1 Å². The van der Waals surface area contributed by atoms with Crippen molar-refractivity contribution < 1.29 is 9.53 Å². The van der Waals surface area contributed by atoms with Crippen molar-refractivity contribution in [3.63, 3.8) is 0 Å². The van der Waals surface area contributed by atoms with Gasteiger partial charge in [-0.15, -0.1) is 0 Å². The van der Waals surface area contributed by atoms with Crippen molar-refractivity contribution in [3.05, 3.63) is 79.1 Å². The number of piperidine rings is 1. The van der Waals surface area contributed by atoms with Gasteiger partial charge in [-0.3, -0.25) is 4.79 Å². The molecule has 2 saturated heterocycles. The minimum atomic E-state index is -0.0449. The number of benzene rings is 2. The summed E-state index contributed by atoms with van der Waals surface area (Å²) in [5.41, 5.74) is 4.62. The summed E-state index contributed by atoms with van der Waals surface area (Å²) in [6.45, 7) is 8.79. The number of nitrogens with one attached hydrogen (secondary N) is 2. The average Bonchev–Trinajstić information content (AvgIpc) is 3.45. The molecule has 1 amide bonds. The Bertz CT molecular complexity index is 1480. The number of hydrogen-bond acceptors (Lipinski definition) is 8. The van der Waals surface area contributed by atoms with E-state index in [0.717, 1.165) is 68.3 Å². The molecule has 2 aromatic carbocycles. The molecule has 0 bridgehead atoms. The third-order valence-corrected chi connectivity index (χ3v) is 7.48. The van der Waals surface area contributed by atoms with Gasteiger partial charge in [0.25, 0.3) is 0 Å². The van der Waals surface area contributed by atoms with E-state index in [9.17, 15) is 4.79 Å². The molecule has 10 heteroatoms. The first-order valence-corrected chi connectivity index (χ1v) is 13.8. The Morgan fingerprint density at radius 2 is 1.93 bits per heavy atom. The van der Waals surface area contributed by atoms with Crippen molar-refractivity contribution in [3.8, 4) is 0 Å². The van der Waals surface area contributed by atoms with Crippen LogP contribution in [0.15, 0.2) is 73.6 Å². The molecule has 40 heavy (non-hydrogen) atoms. The number of morpholine rings is 1. The lowest BCUT2D eigenvalue weighted by molar-refractivity contribution is -0.127. The fraction of sp³-hybridized carbons (Fsp3) is 0.333. The maximum absolute atomic E-state index is 12.3. The molecule has 4 heterocycles. The van der Waals surface area contributed by atoms with Gasteiger partial charge in [0.2, 0.25) is 11.9 Å². The maximum atomic E-state index is 12.3. The van der Waals surface area contributed by atoms with E-state index in [1.165, 1.54) is 6.08 Å². The molecule has 6 rings (SSSR count). The van der Waals surface area contributed by atoms with Crippen LogP contribution in [0.5, 0.6) is 0 Å². The van der Waals surface area contributed by atoms with Gasteiger partial charge in [0, 0.05) is 44.1 Å². The number of nitrogens with zero attached hydrogens (tertiary/aromatic N) is 6. The smallest absolute Gasteiger partial charge is 0.246 e. The van der Waals surface area contributed by atoms with Crippen molar-refractivity contribution in [2.75, 3.05) is 54.9 Å². The second-order valence-electron chi connectivity index (χ2n) is 10.1. The maximum Gasteiger partial charge on any atom is 0.246 e. The number of amides is 1. The van der Waals surface area contributed by atoms with Crippen LogP contribution >= 0.6 is 0 Å². The SMILES string of the molecule is C=CC(=O)N1CCCC(n2cnc3c(NCc4ccccc4)nc(Nc4cccc(N5CCOCC5)c4)nc32)C1. The number of hydrogen-bond donors (Lipinski definition) is 2. The number of ether oxygens (including phenoxy) is 1. The Morgan fingerprint density at radius 1 is 1.07 bits per heavy atom. The van der Waals surface area contributed by atoms with Gasteiger partial charge in [0.15, 0.2) is 17.0 Å². The summed E-state index contributed by atoms with van der Waals surface area (Å²) in [6.07, 6.45) is 5.05. The molecular formula is C30H34N8O2. The zero-order valence-electron chi connectivity index (χ0n) is 22.5. The highest BCUT2D eigenvalue weighted by Gasteiger charge is 2.26. The molecule has 1 unspecified atom stereocenters. The summed E-state index contributed by atoms with van der Waals surface area (Å²) in [7, 11) is 0. The van der Waals surface area contributed by atoms with Gasteiger partial charge in [-0.05, 0) is 42.7 Å².